The van der Waals surface area contributed by atoms with Crippen LogP contribution in [-0.4, -0.2) is 34.8 Å². The van der Waals surface area contributed by atoms with Gasteiger partial charge >= 0.3 is 0 Å². The third-order valence-corrected chi connectivity index (χ3v) is 2.92. The maximum absolute atomic E-state index is 4.33. The summed E-state index contributed by atoms with van der Waals surface area (Å²) in [7, 11) is 4.30. The first-order valence-electron chi connectivity index (χ1n) is 4.84. The molecule has 0 saturated heterocycles. The molecule has 1 aliphatic carbocycles. The van der Waals surface area contributed by atoms with Crippen molar-refractivity contribution in [1.29, 1.82) is 0 Å². The lowest BCUT2D eigenvalue weighted by Crippen LogP contribution is -2.41. The summed E-state index contributed by atoms with van der Waals surface area (Å²) in [4.78, 5) is 2.30. The average Bonchev–Trinajstić information content (AvgIpc) is 2.31. The number of rotatable bonds is 2. The van der Waals surface area contributed by atoms with Crippen molar-refractivity contribution >= 4 is 0 Å². The van der Waals surface area contributed by atoms with Crippen molar-refractivity contribution in [3.63, 3.8) is 0 Å². The number of aryl methyl sites for hydroxylation is 1. The summed E-state index contributed by atoms with van der Waals surface area (Å²) in [5.41, 5.74) is 1.26. The van der Waals surface area contributed by atoms with E-state index < -0.39 is 0 Å². The molecule has 0 radical (unpaired) electrons. The Hall–Kier alpha value is -0.830. The van der Waals surface area contributed by atoms with Gasteiger partial charge in [0.2, 0.25) is 0 Å². The molecule has 13 heavy (non-hydrogen) atoms. The molecular formula is C10H17N3. The molecule has 3 heteroatoms. The van der Waals surface area contributed by atoms with Gasteiger partial charge in [0, 0.05) is 12.2 Å². The predicted molar refractivity (Wildman–Crippen MR) is 52.7 cm³/mol. The molecule has 0 atom stereocenters. The van der Waals surface area contributed by atoms with Crippen LogP contribution in [0.3, 0.4) is 0 Å². The number of aromatic nitrogens is 2. The Kier molecular flexibility index (Phi) is 2.12. The molecule has 1 aromatic rings. The van der Waals surface area contributed by atoms with E-state index in [0.29, 0.717) is 6.04 Å². The van der Waals surface area contributed by atoms with Crippen molar-refractivity contribution < 1.29 is 0 Å². The lowest BCUT2D eigenvalue weighted by atomic mass is 9.86. The molecule has 0 bridgehead atoms. The molecule has 1 saturated carbocycles. The van der Waals surface area contributed by atoms with Gasteiger partial charge in [-0.2, -0.15) is 5.10 Å². The van der Waals surface area contributed by atoms with Crippen molar-refractivity contribution in [3.05, 3.63) is 18.0 Å². The predicted octanol–water partition coefficient (Wildman–Crippen LogP) is 1.46. The average molecular weight is 179 g/mol. The summed E-state index contributed by atoms with van der Waals surface area (Å²) in [6.07, 6.45) is 6.56. The molecule has 1 heterocycles. The standard InChI is InChI=1S/C10H17N3/c1-8-6-11-13(7-8)10-4-9(5-10)12(2)3/h6-7,9-10H,4-5H2,1-3H3/t9-,10+. The summed E-state index contributed by atoms with van der Waals surface area (Å²) in [6.45, 7) is 2.09. The highest BCUT2D eigenvalue weighted by atomic mass is 15.3. The lowest BCUT2D eigenvalue weighted by Gasteiger charge is -2.39. The van der Waals surface area contributed by atoms with Gasteiger partial charge in [-0.1, -0.05) is 0 Å². The summed E-state index contributed by atoms with van der Waals surface area (Å²) >= 11 is 0. The van der Waals surface area contributed by atoms with Gasteiger partial charge in [0.25, 0.3) is 0 Å². The summed E-state index contributed by atoms with van der Waals surface area (Å²) in [6, 6.07) is 1.40. The first-order chi connectivity index (χ1) is 6.16. The maximum Gasteiger partial charge on any atom is 0.0549 e. The lowest BCUT2D eigenvalue weighted by molar-refractivity contribution is 0.121. The van der Waals surface area contributed by atoms with Gasteiger partial charge in [-0.25, -0.2) is 0 Å². The highest BCUT2D eigenvalue weighted by Gasteiger charge is 2.31. The van der Waals surface area contributed by atoms with Crippen LogP contribution in [0.15, 0.2) is 12.4 Å². The molecule has 1 aliphatic rings. The zero-order chi connectivity index (χ0) is 9.42. The van der Waals surface area contributed by atoms with Crippen LogP contribution in [0, 0.1) is 6.92 Å². The van der Waals surface area contributed by atoms with Gasteiger partial charge in [-0.15, -0.1) is 0 Å². The Morgan fingerprint density at radius 3 is 2.62 bits per heavy atom. The molecule has 2 rings (SSSR count). The quantitative estimate of drug-likeness (QED) is 0.685. The van der Waals surface area contributed by atoms with Crippen LogP contribution in [0.25, 0.3) is 0 Å². The first-order valence-corrected chi connectivity index (χ1v) is 4.84. The fourth-order valence-corrected chi connectivity index (χ4v) is 1.83. The van der Waals surface area contributed by atoms with Crippen LogP contribution in [-0.2, 0) is 0 Å². The van der Waals surface area contributed by atoms with E-state index in [1.54, 1.807) is 0 Å². The number of nitrogens with zero attached hydrogens (tertiary/aromatic N) is 3. The van der Waals surface area contributed by atoms with Crippen LogP contribution < -0.4 is 0 Å². The minimum Gasteiger partial charge on any atom is -0.306 e. The van der Waals surface area contributed by atoms with Crippen LogP contribution >= 0.6 is 0 Å². The van der Waals surface area contributed by atoms with E-state index in [4.69, 9.17) is 0 Å². The molecule has 1 fully saturated rings. The van der Waals surface area contributed by atoms with Crippen LogP contribution in [0.5, 0.6) is 0 Å². The zero-order valence-corrected chi connectivity index (χ0v) is 8.57. The van der Waals surface area contributed by atoms with E-state index in [1.807, 2.05) is 6.20 Å². The van der Waals surface area contributed by atoms with E-state index in [2.05, 4.69) is 41.9 Å². The van der Waals surface area contributed by atoms with Gasteiger partial charge in [0.15, 0.2) is 0 Å². The molecule has 0 N–H and O–H groups in total. The van der Waals surface area contributed by atoms with Crippen molar-refractivity contribution in [2.24, 2.45) is 0 Å². The monoisotopic (exact) mass is 179 g/mol. The Morgan fingerprint density at radius 2 is 2.15 bits per heavy atom. The maximum atomic E-state index is 4.33. The van der Waals surface area contributed by atoms with Crippen molar-refractivity contribution in [1.82, 2.24) is 14.7 Å². The molecule has 1 aromatic heterocycles. The first kappa shape index (κ1) is 8.75. The van der Waals surface area contributed by atoms with Gasteiger partial charge in [-0.05, 0) is 39.4 Å². The van der Waals surface area contributed by atoms with Crippen molar-refractivity contribution in [2.45, 2.75) is 31.8 Å². The minimum atomic E-state index is 0.640. The fourth-order valence-electron chi connectivity index (χ4n) is 1.83. The third-order valence-electron chi connectivity index (χ3n) is 2.92. The smallest absolute Gasteiger partial charge is 0.0549 e. The molecule has 0 aromatic carbocycles. The highest BCUT2D eigenvalue weighted by Crippen LogP contribution is 2.34. The SMILES string of the molecule is Cc1cnn([C@H]2C[C@@H](N(C)C)C2)c1. The zero-order valence-electron chi connectivity index (χ0n) is 8.57. The molecule has 0 spiro atoms. The normalized spacial score (nSPS) is 27.7. The second-order valence-corrected chi connectivity index (χ2v) is 4.24. The fraction of sp³-hybridized carbons (Fsp3) is 0.700. The van der Waals surface area contributed by atoms with Gasteiger partial charge < -0.3 is 4.90 Å². The molecule has 3 nitrogen and oxygen atoms in total. The summed E-state index contributed by atoms with van der Waals surface area (Å²) in [5, 5.41) is 4.33. The Balaban J connectivity index is 1.93. The highest BCUT2D eigenvalue weighted by molar-refractivity contribution is 5.02. The Morgan fingerprint density at radius 1 is 1.46 bits per heavy atom. The molecule has 0 amide bonds. The molecule has 0 aliphatic heterocycles. The molecule has 72 valence electrons. The number of hydrogen-bond acceptors (Lipinski definition) is 2. The van der Waals surface area contributed by atoms with E-state index in [9.17, 15) is 0 Å². The Bertz CT molecular complexity index is 284. The van der Waals surface area contributed by atoms with Gasteiger partial charge in [-0.3, -0.25) is 4.68 Å². The van der Waals surface area contributed by atoms with Crippen LogP contribution in [0.4, 0.5) is 0 Å². The van der Waals surface area contributed by atoms with Gasteiger partial charge in [0.1, 0.15) is 0 Å². The Labute approximate surface area is 79.3 Å². The second-order valence-electron chi connectivity index (χ2n) is 4.24. The second kappa shape index (κ2) is 3.14. The van der Waals surface area contributed by atoms with Gasteiger partial charge in [0.05, 0.1) is 12.2 Å². The van der Waals surface area contributed by atoms with Crippen molar-refractivity contribution in [2.75, 3.05) is 14.1 Å². The topological polar surface area (TPSA) is 21.1 Å². The molecule has 0 unspecified atom stereocenters. The van der Waals surface area contributed by atoms with E-state index in [1.165, 1.54) is 18.4 Å². The largest absolute Gasteiger partial charge is 0.306 e. The molecular weight excluding hydrogens is 162 g/mol. The third kappa shape index (κ3) is 1.61. The van der Waals surface area contributed by atoms with Crippen molar-refractivity contribution in [3.8, 4) is 0 Å². The summed E-state index contributed by atoms with van der Waals surface area (Å²) in [5.74, 6) is 0. The summed E-state index contributed by atoms with van der Waals surface area (Å²) < 4.78 is 2.11. The van der Waals surface area contributed by atoms with Crippen LogP contribution in [0.1, 0.15) is 24.4 Å². The van der Waals surface area contributed by atoms with E-state index >= 15 is 0 Å². The number of hydrogen-bond donors (Lipinski definition) is 0. The van der Waals surface area contributed by atoms with Crippen LogP contribution in [0.2, 0.25) is 0 Å². The van der Waals surface area contributed by atoms with E-state index in [-0.39, 0.29) is 0 Å². The van der Waals surface area contributed by atoms with E-state index in [0.717, 1.165) is 6.04 Å². The minimum absolute atomic E-state index is 0.640.